The summed E-state index contributed by atoms with van der Waals surface area (Å²) in [5, 5.41) is 3.38. The summed E-state index contributed by atoms with van der Waals surface area (Å²) in [4.78, 5) is 0. The van der Waals surface area contributed by atoms with E-state index in [4.69, 9.17) is 10.5 Å². The lowest BCUT2D eigenvalue weighted by Crippen LogP contribution is -2.24. The molecule has 3 nitrogen and oxygen atoms in total. The Labute approximate surface area is 110 Å². The van der Waals surface area contributed by atoms with Gasteiger partial charge in [0.25, 0.3) is 0 Å². The number of benzene rings is 1. The van der Waals surface area contributed by atoms with Gasteiger partial charge in [0, 0.05) is 11.6 Å². The molecule has 1 fully saturated rings. The first-order valence-corrected chi connectivity index (χ1v) is 6.77. The van der Waals surface area contributed by atoms with Crippen LogP contribution in [0.3, 0.4) is 0 Å². The van der Waals surface area contributed by atoms with Crippen molar-refractivity contribution in [2.45, 2.75) is 32.2 Å². The topological polar surface area (TPSA) is 47.3 Å². The highest BCUT2D eigenvalue weighted by Gasteiger charge is 2.25. The minimum Gasteiger partial charge on any atom is -0.496 e. The van der Waals surface area contributed by atoms with E-state index in [-0.39, 0.29) is 6.04 Å². The molecule has 0 amide bonds. The van der Waals surface area contributed by atoms with Crippen LogP contribution < -0.4 is 15.8 Å². The summed E-state index contributed by atoms with van der Waals surface area (Å²) in [5.74, 6) is 1.95. The lowest BCUT2D eigenvalue weighted by atomic mass is 9.89. The van der Waals surface area contributed by atoms with E-state index in [0.29, 0.717) is 11.8 Å². The second kappa shape index (κ2) is 5.72. The average molecular weight is 248 g/mol. The first-order chi connectivity index (χ1) is 8.63. The van der Waals surface area contributed by atoms with Crippen LogP contribution in [0.2, 0.25) is 0 Å². The summed E-state index contributed by atoms with van der Waals surface area (Å²) in [6.45, 7) is 6.49. The molecular weight excluding hydrogens is 224 g/mol. The number of ether oxygens (including phenoxy) is 1. The SMILES string of the molecule is COc1ccc(C(C)C)cc1C(N)C1CCNC1. The van der Waals surface area contributed by atoms with Gasteiger partial charge in [0.05, 0.1) is 7.11 Å². The predicted molar refractivity (Wildman–Crippen MR) is 75.0 cm³/mol. The van der Waals surface area contributed by atoms with Crippen LogP contribution in [0.1, 0.15) is 43.4 Å². The number of methoxy groups -OCH3 is 1. The van der Waals surface area contributed by atoms with Crippen LogP contribution in [0.4, 0.5) is 0 Å². The molecule has 0 bridgehead atoms. The van der Waals surface area contributed by atoms with Crippen LogP contribution in [0.25, 0.3) is 0 Å². The van der Waals surface area contributed by atoms with Crippen LogP contribution in [-0.4, -0.2) is 20.2 Å². The molecule has 18 heavy (non-hydrogen) atoms. The Morgan fingerprint density at radius 3 is 2.72 bits per heavy atom. The highest BCUT2D eigenvalue weighted by Crippen LogP contribution is 2.33. The van der Waals surface area contributed by atoms with Gasteiger partial charge >= 0.3 is 0 Å². The van der Waals surface area contributed by atoms with Crippen LogP contribution in [-0.2, 0) is 0 Å². The molecule has 1 aliphatic rings. The maximum atomic E-state index is 6.43. The van der Waals surface area contributed by atoms with Gasteiger partial charge in [0.15, 0.2) is 0 Å². The van der Waals surface area contributed by atoms with Crippen molar-refractivity contribution >= 4 is 0 Å². The molecule has 1 aromatic rings. The van der Waals surface area contributed by atoms with E-state index in [9.17, 15) is 0 Å². The molecule has 0 radical (unpaired) electrons. The van der Waals surface area contributed by atoms with Gasteiger partial charge in [-0.1, -0.05) is 26.0 Å². The van der Waals surface area contributed by atoms with Gasteiger partial charge < -0.3 is 15.8 Å². The molecule has 3 heteroatoms. The van der Waals surface area contributed by atoms with Gasteiger partial charge in [-0.15, -0.1) is 0 Å². The lowest BCUT2D eigenvalue weighted by molar-refractivity contribution is 0.390. The van der Waals surface area contributed by atoms with Crippen molar-refractivity contribution in [1.82, 2.24) is 5.32 Å². The van der Waals surface area contributed by atoms with Gasteiger partial charge in [-0.05, 0) is 43.0 Å². The van der Waals surface area contributed by atoms with Crippen molar-refractivity contribution in [1.29, 1.82) is 0 Å². The normalized spacial score (nSPS) is 21.3. The molecule has 2 unspecified atom stereocenters. The molecule has 0 saturated carbocycles. The van der Waals surface area contributed by atoms with E-state index in [1.54, 1.807) is 7.11 Å². The standard InChI is InChI=1S/C15H24N2O/c1-10(2)11-4-5-14(18-3)13(8-11)15(16)12-6-7-17-9-12/h4-5,8,10,12,15,17H,6-7,9,16H2,1-3H3. The zero-order chi connectivity index (χ0) is 13.1. The van der Waals surface area contributed by atoms with E-state index in [1.807, 2.05) is 6.07 Å². The third kappa shape index (κ3) is 2.68. The summed E-state index contributed by atoms with van der Waals surface area (Å²) in [6.07, 6.45) is 1.15. The van der Waals surface area contributed by atoms with E-state index >= 15 is 0 Å². The van der Waals surface area contributed by atoms with Crippen LogP contribution in [0.5, 0.6) is 5.75 Å². The van der Waals surface area contributed by atoms with Gasteiger partial charge in [0.1, 0.15) is 5.75 Å². The summed E-state index contributed by atoms with van der Waals surface area (Å²) in [7, 11) is 1.72. The fourth-order valence-electron chi connectivity index (χ4n) is 2.61. The Hall–Kier alpha value is -1.06. The third-order valence-electron chi connectivity index (χ3n) is 3.89. The number of hydrogen-bond donors (Lipinski definition) is 2. The van der Waals surface area contributed by atoms with Gasteiger partial charge in [-0.2, -0.15) is 0 Å². The van der Waals surface area contributed by atoms with Crippen LogP contribution in [0, 0.1) is 5.92 Å². The van der Waals surface area contributed by atoms with Gasteiger partial charge in [0.2, 0.25) is 0 Å². The molecule has 1 heterocycles. The van der Waals surface area contributed by atoms with E-state index in [2.05, 4.69) is 31.3 Å². The third-order valence-corrected chi connectivity index (χ3v) is 3.89. The number of hydrogen-bond acceptors (Lipinski definition) is 3. The highest BCUT2D eigenvalue weighted by molar-refractivity contribution is 5.40. The average Bonchev–Trinajstić information content (AvgIpc) is 2.90. The highest BCUT2D eigenvalue weighted by atomic mass is 16.5. The number of nitrogens with two attached hydrogens (primary N) is 1. The lowest BCUT2D eigenvalue weighted by Gasteiger charge is -2.22. The molecular formula is C15H24N2O. The summed E-state index contributed by atoms with van der Waals surface area (Å²) in [6, 6.07) is 6.46. The molecule has 1 saturated heterocycles. The van der Waals surface area contributed by atoms with Crippen molar-refractivity contribution in [2.24, 2.45) is 11.7 Å². The van der Waals surface area contributed by atoms with E-state index in [0.717, 1.165) is 30.8 Å². The maximum absolute atomic E-state index is 6.43. The van der Waals surface area contributed by atoms with Crippen molar-refractivity contribution in [3.63, 3.8) is 0 Å². The van der Waals surface area contributed by atoms with E-state index < -0.39 is 0 Å². The van der Waals surface area contributed by atoms with Crippen molar-refractivity contribution in [3.05, 3.63) is 29.3 Å². The molecule has 3 N–H and O–H groups in total. The maximum Gasteiger partial charge on any atom is 0.123 e. The second-order valence-corrected chi connectivity index (χ2v) is 5.43. The summed E-state index contributed by atoms with van der Waals surface area (Å²) >= 11 is 0. The Bertz CT molecular complexity index is 397. The molecule has 0 aromatic heterocycles. The largest absolute Gasteiger partial charge is 0.496 e. The fourth-order valence-corrected chi connectivity index (χ4v) is 2.61. The van der Waals surface area contributed by atoms with Crippen molar-refractivity contribution in [2.75, 3.05) is 20.2 Å². The first-order valence-electron chi connectivity index (χ1n) is 6.77. The van der Waals surface area contributed by atoms with E-state index in [1.165, 1.54) is 5.56 Å². The second-order valence-electron chi connectivity index (χ2n) is 5.43. The fraction of sp³-hybridized carbons (Fsp3) is 0.600. The quantitative estimate of drug-likeness (QED) is 0.860. The molecule has 0 aliphatic carbocycles. The Morgan fingerprint density at radius 1 is 1.39 bits per heavy atom. The molecule has 2 atom stereocenters. The smallest absolute Gasteiger partial charge is 0.123 e. The zero-order valence-corrected chi connectivity index (χ0v) is 11.6. The Kier molecular flexibility index (Phi) is 4.25. The monoisotopic (exact) mass is 248 g/mol. The molecule has 0 spiro atoms. The van der Waals surface area contributed by atoms with Crippen LogP contribution >= 0.6 is 0 Å². The summed E-state index contributed by atoms with van der Waals surface area (Å²) < 4.78 is 5.46. The Balaban J connectivity index is 2.30. The minimum absolute atomic E-state index is 0.0636. The van der Waals surface area contributed by atoms with Gasteiger partial charge in [-0.25, -0.2) is 0 Å². The van der Waals surface area contributed by atoms with Crippen molar-refractivity contribution < 1.29 is 4.74 Å². The number of rotatable bonds is 4. The molecule has 2 rings (SSSR count). The Morgan fingerprint density at radius 2 is 2.17 bits per heavy atom. The predicted octanol–water partition coefficient (Wildman–Crippen LogP) is 2.43. The first kappa shape index (κ1) is 13.4. The van der Waals surface area contributed by atoms with Gasteiger partial charge in [-0.3, -0.25) is 0 Å². The van der Waals surface area contributed by atoms with Crippen LogP contribution in [0.15, 0.2) is 18.2 Å². The number of nitrogens with one attached hydrogen (secondary N) is 1. The molecule has 100 valence electrons. The molecule has 1 aromatic carbocycles. The zero-order valence-electron chi connectivity index (χ0n) is 11.6. The molecule has 1 aliphatic heterocycles. The van der Waals surface area contributed by atoms with Crippen molar-refractivity contribution in [3.8, 4) is 5.75 Å². The summed E-state index contributed by atoms with van der Waals surface area (Å²) in [5.41, 5.74) is 8.90. The minimum atomic E-state index is 0.0636.